The molecule has 190 valence electrons. The van der Waals surface area contributed by atoms with Crippen molar-refractivity contribution in [2.45, 2.75) is 19.5 Å². The molecule has 0 saturated heterocycles. The predicted molar refractivity (Wildman–Crippen MR) is 148 cm³/mol. The van der Waals surface area contributed by atoms with Crippen molar-refractivity contribution < 1.29 is 4.79 Å². The molecular formula is C28H22Cl2N6O2. The Bertz CT molecular complexity index is 1720. The zero-order valence-electron chi connectivity index (χ0n) is 20.0. The number of hydrogen-bond acceptors (Lipinski definition) is 5. The lowest BCUT2D eigenvalue weighted by Gasteiger charge is -2.10. The third-order valence-electron chi connectivity index (χ3n) is 6.02. The maximum atomic E-state index is 12.8. The predicted octanol–water partition coefficient (Wildman–Crippen LogP) is 4.64. The van der Waals surface area contributed by atoms with Gasteiger partial charge in [0.05, 0.1) is 41.5 Å². The number of carbonyl (C=O) groups excluding carboxylic acids is 1. The maximum absolute atomic E-state index is 12.8. The highest BCUT2D eigenvalue weighted by Crippen LogP contribution is 2.21. The molecule has 3 heterocycles. The number of carbonyl (C=O) groups is 1. The summed E-state index contributed by atoms with van der Waals surface area (Å²) < 4.78 is 1.56. The van der Waals surface area contributed by atoms with Gasteiger partial charge in [-0.3, -0.25) is 19.7 Å². The number of H-pyrrole nitrogens is 1. The fraction of sp³-hybridized carbons (Fsp3) is 0.107. The van der Waals surface area contributed by atoms with Crippen LogP contribution in [0.25, 0.3) is 10.9 Å². The van der Waals surface area contributed by atoms with E-state index >= 15 is 0 Å². The average Bonchev–Trinajstić information content (AvgIpc) is 3.31. The second-order valence-corrected chi connectivity index (χ2v) is 9.01. The summed E-state index contributed by atoms with van der Waals surface area (Å²) >= 11 is 6.09. The van der Waals surface area contributed by atoms with Gasteiger partial charge in [0.25, 0.3) is 11.5 Å². The van der Waals surface area contributed by atoms with Crippen LogP contribution in [-0.4, -0.2) is 25.7 Å². The molecule has 1 amide bonds. The van der Waals surface area contributed by atoms with E-state index in [9.17, 15) is 14.9 Å². The molecule has 5 rings (SSSR count). The van der Waals surface area contributed by atoms with Gasteiger partial charge in [-0.25, -0.2) is 0 Å². The number of halogens is 2. The molecule has 0 aliphatic carbocycles. The molecular weight excluding hydrogens is 523 g/mol. The molecule has 0 saturated carbocycles. The van der Waals surface area contributed by atoms with Crippen LogP contribution < -0.4 is 10.9 Å². The van der Waals surface area contributed by atoms with Crippen LogP contribution in [0.5, 0.6) is 0 Å². The first kappa shape index (κ1) is 26.6. The summed E-state index contributed by atoms with van der Waals surface area (Å²) in [5.41, 5.74) is 4.84. The number of aromatic nitrogens is 4. The molecule has 0 atom stereocenters. The number of nitrogens with one attached hydrogen (secondary N) is 2. The summed E-state index contributed by atoms with van der Waals surface area (Å²) in [7, 11) is 0. The Hall–Kier alpha value is -4.45. The van der Waals surface area contributed by atoms with Crippen LogP contribution in [0.1, 0.15) is 38.3 Å². The minimum absolute atomic E-state index is 0. The van der Waals surface area contributed by atoms with Gasteiger partial charge in [-0.2, -0.15) is 10.4 Å². The van der Waals surface area contributed by atoms with E-state index in [1.165, 1.54) is 12.3 Å². The summed E-state index contributed by atoms with van der Waals surface area (Å²) in [5.74, 6) is -0.270. The van der Waals surface area contributed by atoms with Crippen molar-refractivity contribution in [3.8, 4) is 6.07 Å². The summed E-state index contributed by atoms with van der Waals surface area (Å²) in [5, 5.41) is 21.2. The van der Waals surface area contributed by atoms with E-state index in [0.29, 0.717) is 34.8 Å². The third kappa shape index (κ3) is 5.92. The molecule has 10 heteroatoms. The van der Waals surface area contributed by atoms with Crippen molar-refractivity contribution in [1.82, 2.24) is 25.1 Å². The first-order valence-corrected chi connectivity index (χ1v) is 11.9. The van der Waals surface area contributed by atoms with Crippen molar-refractivity contribution in [1.29, 1.82) is 5.26 Å². The Morgan fingerprint density at radius 3 is 2.76 bits per heavy atom. The summed E-state index contributed by atoms with van der Waals surface area (Å²) in [6, 6.07) is 20.0. The van der Waals surface area contributed by atoms with Crippen molar-refractivity contribution in [3.05, 3.63) is 128 Å². The first-order valence-electron chi connectivity index (χ1n) is 11.5. The van der Waals surface area contributed by atoms with Crippen molar-refractivity contribution >= 4 is 40.8 Å². The van der Waals surface area contributed by atoms with Crippen LogP contribution in [0.3, 0.4) is 0 Å². The van der Waals surface area contributed by atoms with Crippen molar-refractivity contribution in [2.24, 2.45) is 0 Å². The van der Waals surface area contributed by atoms with E-state index in [0.717, 1.165) is 27.6 Å². The Kier molecular flexibility index (Phi) is 8.22. The Labute approximate surface area is 229 Å². The molecule has 0 aliphatic rings. The van der Waals surface area contributed by atoms with E-state index < -0.39 is 0 Å². The van der Waals surface area contributed by atoms with E-state index in [1.807, 2.05) is 30.3 Å². The number of fused-ring (bicyclic) bond motifs is 1. The smallest absolute Gasteiger partial charge is 0.253 e. The van der Waals surface area contributed by atoms with E-state index in [2.05, 4.69) is 26.6 Å². The molecule has 0 radical (unpaired) electrons. The Morgan fingerprint density at radius 2 is 1.95 bits per heavy atom. The van der Waals surface area contributed by atoms with Crippen LogP contribution >= 0.6 is 24.0 Å². The van der Waals surface area contributed by atoms with Crippen molar-refractivity contribution in [3.63, 3.8) is 0 Å². The summed E-state index contributed by atoms with van der Waals surface area (Å²) in [6.07, 6.45) is 5.41. The number of pyridine rings is 2. The Morgan fingerprint density at radius 1 is 1.08 bits per heavy atom. The second-order valence-electron chi connectivity index (χ2n) is 8.57. The first-order chi connectivity index (χ1) is 18.0. The van der Waals surface area contributed by atoms with E-state index in [4.69, 9.17) is 11.6 Å². The average molecular weight is 545 g/mol. The SMILES string of the molecule is Cl.N#Cc1cc(Cc2cncc(C(=O)NCc3n[nH]c4ccc(Cl)cc34)c2)ccc1Cn1ccccc1=O. The van der Waals surface area contributed by atoms with Crippen LogP contribution in [0, 0.1) is 11.3 Å². The highest BCUT2D eigenvalue weighted by molar-refractivity contribution is 6.31. The fourth-order valence-corrected chi connectivity index (χ4v) is 4.31. The molecule has 5 aromatic rings. The molecule has 0 fully saturated rings. The normalized spacial score (nSPS) is 10.5. The van der Waals surface area contributed by atoms with Gasteiger partial charge in [-0.1, -0.05) is 29.8 Å². The van der Waals surface area contributed by atoms with E-state index in [-0.39, 0.29) is 30.4 Å². The molecule has 0 aliphatic heterocycles. The zero-order chi connectivity index (χ0) is 25.8. The molecule has 38 heavy (non-hydrogen) atoms. The number of rotatable bonds is 7. The monoisotopic (exact) mass is 544 g/mol. The zero-order valence-corrected chi connectivity index (χ0v) is 21.6. The molecule has 0 spiro atoms. The highest BCUT2D eigenvalue weighted by atomic mass is 35.5. The lowest BCUT2D eigenvalue weighted by Crippen LogP contribution is -2.23. The standard InChI is InChI=1S/C28H21ClN6O2.ClH/c29-23-6-7-25-24(12-23)26(34-33-25)16-32-28(37)22-11-19(14-31-15-22)9-18-4-5-20(21(10-18)13-30)17-35-8-2-1-3-27(35)36;/h1-8,10-12,14-15H,9,16-17H2,(H,32,37)(H,33,34);1H. The van der Waals surface area contributed by atoms with E-state index in [1.54, 1.807) is 41.2 Å². The molecule has 8 nitrogen and oxygen atoms in total. The maximum Gasteiger partial charge on any atom is 0.253 e. The van der Waals surface area contributed by atoms with Gasteiger partial charge in [-0.05, 0) is 59.5 Å². The molecule has 0 unspecified atom stereocenters. The van der Waals surface area contributed by atoms with Crippen LogP contribution in [0.4, 0.5) is 0 Å². The van der Waals surface area contributed by atoms with Crippen molar-refractivity contribution in [2.75, 3.05) is 0 Å². The molecule has 2 N–H and O–H groups in total. The van der Waals surface area contributed by atoms with Gasteiger partial charge in [0.1, 0.15) is 0 Å². The van der Waals surface area contributed by atoms with Gasteiger partial charge in [0.15, 0.2) is 0 Å². The summed E-state index contributed by atoms with van der Waals surface area (Å²) in [6.45, 7) is 0.554. The number of nitriles is 1. The fourth-order valence-electron chi connectivity index (χ4n) is 4.14. The van der Waals surface area contributed by atoms with Gasteiger partial charge in [0.2, 0.25) is 0 Å². The lowest BCUT2D eigenvalue weighted by atomic mass is 9.99. The molecule has 3 aromatic heterocycles. The van der Waals surface area contributed by atoms with Gasteiger partial charge < -0.3 is 9.88 Å². The minimum Gasteiger partial charge on any atom is -0.346 e. The number of hydrogen-bond donors (Lipinski definition) is 2. The number of nitrogens with zero attached hydrogens (tertiary/aromatic N) is 4. The van der Waals surface area contributed by atoms with Crippen LogP contribution in [0.2, 0.25) is 5.02 Å². The third-order valence-corrected chi connectivity index (χ3v) is 6.26. The van der Waals surface area contributed by atoms with Gasteiger partial charge in [0, 0.05) is 35.1 Å². The number of amides is 1. The largest absolute Gasteiger partial charge is 0.346 e. The number of benzene rings is 2. The van der Waals surface area contributed by atoms with Crippen LogP contribution in [0.15, 0.2) is 84.0 Å². The minimum atomic E-state index is -0.270. The second kappa shape index (κ2) is 11.7. The quantitative estimate of drug-likeness (QED) is 0.309. The Balaban J connectivity index is 0.00000336. The molecule has 2 aromatic carbocycles. The highest BCUT2D eigenvalue weighted by Gasteiger charge is 2.12. The number of aromatic amines is 1. The topological polar surface area (TPSA) is 116 Å². The van der Waals surface area contributed by atoms with Gasteiger partial charge >= 0.3 is 0 Å². The lowest BCUT2D eigenvalue weighted by molar-refractivity contribution is 0.0950. The summed E-state index contributed by atoms with van der Waals surface area (Å²) in [4.78, 5) is 29.1. The molecule has 0 bridgehead atoms. The van der Waals surface area contributed by atoms with Crippen LogP contribution in [-0.2, 0) is 19.5 Å². The van der Waals surface area contributed by atoms with Gasteiger partial charge in [-0.15, -0.1) is 12.4 Å².